The van der Waals surface area contributed by atoms with E-state index in [0.717, 1.165) is 51.5 Å². The lowest BCUT2D eigenvalue weighted by Gasteiger charge is -2.43. The molecule has 0 amide bonds. The summed E-state index contributed by atoms with van der Waals surface area (Å²) in [4.78, 5) is 4.93. The lowest BCUT2D eigenvalue weighted by atomic mass is 10.1. The molecule has 104 valence electrons. The highest BCUT2D eigenvalue weighted by Crippen LogP contribution is 2.18. The molecule has 0 bridgehead atoms. The van der Waals surface area contributed by atoms with Gasteiger partial charge in [0, 0.05) is 38.8 Å². The summed E-state index contributed by atoms with van der Waals surface area (Å²) in [6.07, 6.45) is 0. The van der Waals surface area contributed by atoms with E-state index < -0.39 is 0 Å². The number of rotatable bonds is 2. The first-order chi connectivity index (χ1) is 9.22. The lowest BCUT2D eigenvalue weighted by molar-refractivity contribution is -0.0462. The molecule has 0 radical (unpaired) electrons. The van der Waals surface area contributed by atoms with E-state index in [4.69, 9.17) is 4.74 Å². The molecule has 2 aliphatic rings. The average Bonchev–Trinajstić information content (AvgIpc) is 2.43. The molecule has 0 aromatic heterocycles. The first-order valence-corrected chi connectivity index (χ1v) is 7.01. The Balaban J connectivity index is 1.65. The third-order valence-corrected chi connectivity index (χ3v) is 4.23. The van der Waals surface area contributed by atoms with E-state index in [-0.39, 0.29) is 5.82 Å². The number of fused-ring (bicyclic) bond motifs is 1. The fourth-order valence-corrected chi connectivity index (χ4v) is 3.01. The van der Waals surface area contributed by atoms with Crippen LogP contribution in [0, 0.1) is 12.7 Å². The maximum absolute atomic E-state index is 13.3. The second kappa shape index (κ2) is 5.57. The van der Waals surface area contributed by atoms with E-state index >= 15 is 0 Å². The fourth-order valence-electron chi connectivity index (χ4n) is 3.01. The largest absolute Gasteiger partial charge is 0.378 e. The molecule has 2 fully saturated rings. The standard InChI is InChI=1S/C15H21FN2O/c1-12-2-3-14(16)8-13(12)9-17-4-5-18-6-7-19-11-15(18)10-17/h2-3,8,15H,4-7,9-11H2,1H3/t15-/m0/s1. The van der Waals surface area contributed by atoms with Gasteiger partial charge in [-0.05, 0) is 30.2 Å². The Morgan fingerprint density at radius 2 is 2.21 bits per heavy atom. The minimum Gasteiger partial charge on any atom is -0.378 e. The van der Waals surface area contributed by atoms with Crippen molar-refractivity contribution in [1.82, 2.24) is 9.80 Å². The van der Waals surface area contributed by atoms with Crippen LogP contribution in [0.15, 0.2) is 18.2 Å². The number of halogens is 1. The number of hydrogen-bond donors (Lipinski definition) is 0. The van der Waals surface area contributed by atoms with Crippen LogP contribution in [0.4, 0.5) is 4.39 Å². The number of piperazine rings is 1. The van der Waals surface area contributed by atoms with Crippen LogP contribution in [0.1, 0.15) is 11.1 Å². The van der Waals surface area contributed by atoms with Crippen molar-refractivity contribution in [3.8, 4) is 0 Å². The number of nitrogens with zero attached hydrogens (tertiary/aromatic N) is 2. The van der Waals surface area contributed by atoms with Crippen LogP contribution in [0.2, 0.25) is 0 Å². The van der Waals surface area contributed by atoms with Gasteiger partial charge in [0.1, 0.15) is 5.82 Å². The van der Waals surface area contributed by atoms with Crippen LogP contribution in [-0.2, 0) is 11.3 Å². The quantitative estimate of drug-likeness (QED) is 0.808. The third kappa shape index (κ3) is 2.96. The predicted octanol–water partition coefficient (Wildman–Crippen LogP) is 1.65. The van der Waals surface area contributed by atoms with Gasteiger partial charge in [-0.3, -0.25) is 9.80 Å². The minimum atomic E-state index is -0.139. The van der Waals surface area contributed by atoms with Crippen molar-refractivity contribution in [2.45, 2.75) is 19.5 Å². The van der Waals surface area contributed by atoms with E-state index in [9.17, 15) is 4.39 Å². The van der Waals surface area contributed by atoms with Gasteiger partial charge in [0.05, 0.1) is 13.2 Å². The summed E-state index contributed by atoms with van der Waals surface area (Å²) in [6.45, 7) is 8.82. The molecule has 0 spiro atoms. The van der Waals surface area contributed by atoms with Crippen molar-refractivity contribution in [3.63, 3.8) is 0 Å². The van der Waals surface area contributed by atoms with Crippen molar-refractivity contribution in [3.05, 3.63) is 35.1 Å². The van der Waals surface area contributed by atoms with Gasteiger partial charge in [-0.25, -0.2) is 4.39 Å². The van der Waals surface area contributed by atoms with Gasteiger partial charge in [0.25, 0.3) is 0 Å². The molecule has 4 heteroatoms. The van der Waals surface area contributed by atoms with Gasteiger partial charge >= 0.3 is 0 Å². The van der Waals surface area contributed by atoms with Gasteiger partial charge in [-0.15, -0.1) is 0 Å². The Hall–Kier alpha value is -0.970. The molecule has 3 nitrogen and oxygen atoms in total. The monoisotopic (exact) mass is 264 g/mol. The zero-order valence-corrected chi connectivity index (χ0v) is 11.4. The Morgan fingerprint density at radius 1 is 1.32 bits per heavy atom. The Bertz CT molecular complexity index is 452. The number of ether oxygens (including phenoxy) is 1. The molecule has 0 unspecified atom stereocenters. The maximum Gasteiger partial charge on any atom is 0.123 e. The number of hydrogen-bond acceptors (Lipinski definition) is 3. The predicted molar refractivity (Wildman–Crippen MR) is 72.6 cm³/mol. The minimum absolute atomic E-state index is 0.139. The zero-order valence-electron chi connectivity index (χ0n) is 11.4. The van der Waals surface area contributed by atoms with Gasteiger partial charge in [0.2, 0.25) is 0 Å². The highest BCUT2D eigenvalue weighted by molar-refractivity contribution is 5.26. The van der Waals surface area contributed by atoms with Crippen LogP contribution in [0.3, 0.4) is 0 Å². The Labute approximate surface area is 114 Å². The topological polar surface area (TPSA) is 15.7 Å². The van der Waals surface area contributed by atoms with E-state index in [1.54, 1.807) is 6.07 Å². The van der Waals surface area contributed by atoms with Crippen LogP contribution in [0.25, 0.3) is 0 Å². The molecule has 2 saturated heterocycles. The summed E-state index contributed by atoms with van der Waals surface area (Å²) >= 11 is 0. The van der Waals surface area contributed by atoms with Crippen molar-refractivity contribution < 1.29 is 9.13 Å². The lowest BCUT2D eigenvalue weighted by Crippen LogP contribution is -2.57. The van der Waals surface area contributed by atoms with E-state index in [0.29, 0.717) is 6.04 Å². The summed E-state index contributed by atoms with van der Waals surface area (Å²) in [7, 11) is 0. The summed E-state index contributed by atoms with van der Waals surface area (Å²) in [5.41, 5.74) is 2.27. The molecule has 19 heavy (non-hydrogen) atoms. The summed E-state index contributed by atoms with van der Waals surface area (Å²) < 4.78 is 18.9. The summed E-state index contributed by atoms with van der Waals surface area (Å²) in [6, 6.07) is 5.58. The van der Waals surface area contributed by atoms with Crippen molar-refractivity contribution in [1.29, 1.82) is 0 Å². The second-order valence-electron chi connectivity index (χ2n) is 5.57. The molecule has 3 rings (SSSR count). The number of aryl methyl sites for hydroxylation is 1. The van der Waals surface area contributed by atoms with E-state index in [1.165, 1.54) is 11.6 Å². The highest BCUT2D eigenvalue weighted by Gasteiger charge is 2.29. The van der Waals surface area contributed by atoms with Crippen LogP contribution >= 0.6 is 0 Å². The number of morpholine rings is 1. The van der Waals surface area contributed by atoms with E-state index in [1.807, 2.05) is 6.07 Å². The molecule has 0 saturated carbocycles. The van der Waals surface area contributed by atoms with Crippen molar-refractivity contribution in [2.24, 2.45) is 0 Å². The molecule has 0 N–H and O–H groups in total. The molecular formula is C15H21FN2O. The van der Waals surface area contributed by atoms with Crippen LogP contribution < -0.4 is 0 Å². The van der Waals surface area contributed by atoms with Crippen LogP contribution in [0.5, 0.6) is 0 Å². The molecule has 2 aliphatic heterocycles. The molecule has 2 heterocycles. The Kier molecular flexibility index (Phi) is 3.82. The first-order valence-electron chi connectivity index (χ1n) is 7.01. The van der Waals surface area contributed by atoms with Gasteiger partial charge < -0.3 is 4.74 Å². The normalized spacial score (nSPS) is 25.3. The first kappa shape index (κ1) is 13.0. The number of benzene rings is 1. The molecule has 1 aromatic carbocycles. The molecule has 1 aromatic rings. The third-order valence-electron chi connectivity index (χ3n) is 4.23. The fraction of sp³-hybridized carbons (Fsp3) is 0.600. The Morgan fingerprint density at radius 3 is 3.11 bits per heavy atom. The zero-order chi connectivity index (χ0) is 13.2. The van der Waals surface area contributed by atoms with Crippen molar-refractivity contribution >= 4 is 0 Å². The van der Waals surface area contributed by atoms with Gasteiger partial charge in [0.15, 0.2) is 0 Å². The molecular weight excluding hydrogens is 243 g/mol. The molecule has 1 atom stereocenters. The summed E-state index contributed by atoms with van der Waals surface area (Å²) in [5.74, 6) is -0.139. The van der Waals surface area contributed by atoms with Crippen molar-refractivity contribution in [2.75, 3.05) is 39.4 Å². The average molecular weight is 264 g/mol. The second-order valence-corrected chi connectivity index (χ2v) is 5.57. The van der Waals surface area contributed by atoms with E-state index in [2.05, 4.69) is 16.7 Å². The smallest absolute Gasteiger partial charge is 0.123 e. The van der Waals surface area contributed by atoms with Gasteiger partial charge in [-0.1, -0.05) is 6.07 Å². The highest BCUT2D eigenvalue weighted by atomic mass is 19.1. The van der Waals surface area contributed by atoms with Gasteiger partial charge in [-0.2, -0.15) is 0 Å². The maximum atomic E-state index is 13.3. The van der Waals surface area contributed by atoms with Crippen LogP contribution in [-0.4, -0.2) is 55.2 Å². The SMILES string of the molecule is Cc1ccc(F)cc1CN1CCN2CCOC[C@@H]2C1. The molecule has 0 aliphatic carbocycles. The summed E-state index contributed by atoms with van der Waals surface area (Å²) in [5, 5.41) is 0.